The molecule has 0 radical (unpaired) electrons. The Kier molecular flexibility index (Phi) is 2.28. The molecule has 4 rings (SSSR count). The first kappa shape index (κ1) is 11.6. The van der Waals surface area contributed by atoms with Crippen molar-refractivity contribution in [3.8, 4) is 0 Å². The molecule has 3 N–H and O–H groups in total. The van der Waals surface area contributed by atoms with Crippen molar-refractivity contribution in [3.63, 3.8) is 0 Å². The monoisotopic (exact) mass is 282 g/mol. The van der Waals surface area contributed by atoms with E-state index in [-0.39, 0.29) is 5.69 Å². The lowest BCUT2D eigenvalue weighted by molar-refractivity contribution is 0.958. The van der Waals surface area contributed by atoms with Gasteiger partial charge in [-0.1, -0.05) is 0 Å². The van der Waals surface area contributed by atoms with Gasteiger partial charge in [-0.15, -0.1) is 0 Å². The molecule has 0 fully saturated rings. The van der Waals surface area contributed by atoms with Gasteiger partial charge in [0.25, 0.3) is 0 Å². The van der Waals surface area contributed by atoms with E-state index in [0.717, 1.165) is 16.9 Å². The molecule has 0 spiro atoms. The summed E-state index contributed by atoms with van der Waals surface area (Å²) >= 11 is 0. The molecule has 0 bridgehead atoms. The maximum atomic E-state index is 11.2. The second-order valence-corrected chi connectivity index (χ2v) is 4.59. The second-order valence-electron chi connectivity index (χ2n) is 4.59. The third-order valence-corrected chi connectivity index (χ3v) is 3.14. The minimum Gasteiger partial charge on any atom is -0.323 e. The van der Waals surface area contributed by atoms with E-state index in [2.05, 4.69) is 35.3 Å². The number of aromatic amines is 2. The molecule has 0 aliphatic heterocycles. The van der Waals surface area contributed by atoms with Gasteiger partial charge >= 0.3 is 5.69 Å². The van der Waals surface area contributed by atoms with Gasteiger partial charge in [0.1, 0.15) is 11.8 Å². The molecule has 9 nitrogen and oxygen atoms in total. The van der Waals surface area contributed by atoms with Gasteiger partial charge < -0.3 is 10.3 Å². The smallest absolute Gasteiger partial charge is 0.323 e. The number of pyridine rings is 1. The van der Waals surface area contributed by atoms with Gasteiger partial charge in [0.15, 0.2) is 11.3 Å². The van der Waals surface area contributed by atoms with Crippen molar-refractivity contribution in [2.24, 2.45) is 0 Å². The van der Waals surface area contributed by atoms with E-state index in [9.17, 15) is 4.79 Å². The first-order valence-corrected chi connectivity index (χ1v) is 6.21. The molecule has 0 aliphatic carbocycles. The zero-order valence-corrected chi connectivity index (χ0v) is 11.0. The largest absolute Gasteiger partial charge is 0.325 e. The highest BCUT2D eigenvalue weighted by Gasteiger charge is 2.07. The Morgan fingerprint density at radius 2 is 2.19 bits per heavy atom. The summed E-state index contributed by atoms with van der Waals surface area (Å²) < 4.78 is 1.66. The number of rotatable bonds is 2. The normalized spacial score (nSPS) is 11.3. The fraction of sp³-hybridized carbons (Fsp3) is 0.0833. The summed E-state index contributed by atoms with van der Waals surface area (Å²) in [7, 11) is 0. The van der Waals surface area contributed by atoms with Crippen molar-refractivity contribution in [2.45, 2.75) is 6.92 Å². The number of aryl methyl sites for hydroxylation is 1. The molecular weight excluding hydrogens is 272 g/mol. The highest BCUT2D eigenvalue weighted by molar-refractivity contribution is 5.71. The number of hydrogen-bond acceptors (Lipinski definition) is 6. The lowest BCUT2D eigenvalue weighted by atomic mass is 10.2. The molecule has 0 aliphatic rings. The van der Waals surface area contributed by atoms with E-state index < -0.39 is 0 Å². The maximum Gasteiger partial charge on any atom is 0.325 e. The molecule has 4 aromatic rings. The van der Waals surface area contributed by atoms with E-state index in [1.54, 1.807) is 10.7 Å². The van der Waals surface area contributed by atoms with E-state index in [1.165, 1.54) is 6.33 Å². The van der Waals surface area contributed by atoms with Crippen LogP contribution in [0.25, 0.3) is 16.8 Å². The molecule has 0 unspecified atom stereocenters. The highest BCUT2D eigenvalue weighted by Crippen LogP contribution is 2.19. The minimum atomic E-state index is -0.309. The highest BCUT2D eigenvalue weighted by atomic mass is 16.1. The molecule has 21 heavy (non-hydrogen) atoms. The number of H-pyrrole nitrogens is 2. The van der Waals surface area contributed by atoms with Crippen molar-refractivity contribution < 1.29 is 0 Å². The number of nitrogens with one attached hydrogen (secondary N) is 3. The Hall–Kier alpha value is -3.23. The molecular formula is C12H10N8O. The predicted molar refractivity (Wildman–Crippen MR) is 75.5 cm³/mol. The zero-order valence-electron chi connectivity index (χ0n) is 11.0. The van der Waals surface area contributed by atoms with Gasteiger partial charge in [0.05, 0.1) is 18.1 Å². The first-order chi connectivity index (χ1) is 10.2. The molecule has 0 saturated carbocycles. The predicted octanol–water partition coefficient (Wildman–Crippen LogP) is 0.741. The fourth-order valence-electron chi connectivity index (χ4n) is 2.10. The maximum absolute atomic E-state index is 11.2. The quantitative estimate of drug-likeness (QED) is 0.499. The van der Waals surface area contributed by atoms with Crippen molar-refractivity contribution in [1.82, 2.24) is 34.5 Å². The molecule has 4 heterocycles. The van der Waals surface area contributed by atoms with Crippen LogP contribution in [0.3, 0.4) is 0 Å². The minimum absolute atomic E-state index is 0.309. The Morgan fingerprint density at radius 1 is 1.29 bits per heavy atom. The molecule has 0 atom stereocenters. The number of nitrogens with zero attached hydrogens (tertiary/aromatic N) is 5. The van der Waals surface area contributed by atoms with E-state index in [4.69, 9.17) is 0 Å². The Labute approximate surface area is 117 Å². The standard InChI is InChI=1S/C12H10N8O/c1-6-2-9-14-5-15-20(9)4-8(6)16-11-13-3-7-10(18-11)19-12(21)17-7/h2-5H,1H3,(H3,13,16,17,18,19,21). The van der Waals surface area contributed by atoms with Gasteiger partial charge in [-0.05, 0) is 18.6 Å². The van der Waals surface area contributed by atoms with Crippen LogP contribution < -0.4 is 11.0 Å². The van der Waals surface area contributed by atoms with Gasteiger partial charge in [0.2, 0.25) is 5.95 Å². The van der Waals surface area contributed by atoms with Crippen molar-refractivity contribution in [2.75, 3.05) is 5.32 Å². The van der Waals surface area contributed by atoms with Gasteiger partial charge in [0, 0.05) is 0 Å². The number of aromatic nitrogens is 7. The molecule has 0 aromatic carbocycles. The average Bonchev–Trinajstić information content (AvgIpc) is 3.03. The fourth-order valence-corrected chi connectivity index (χ4v) is 2.10. The summed E-state index contributed by atoms with van der Waals surface area (Å²) in [6.07, 6.45) is 4.85. The zero-order chi connectivity index (χ0) is 14.4. The lowest BCUT2D eigenvalue weighted by Crippen LogP contribution is -2.01. The van der Waals surface area contributed by atoms with Crippen LogP contribution in [0.15, 0.2) is 29.6 Å². The van der Waals surface area contributed by atoms with Crippen LogP contribution >= 0.6 is 0 Å². The van der Waals surface area contributed by atoms with Crippen LogP contribution in [0.4, 0.5) is 11.6 Å². The van der Waals surface area contributed by atoms with Crippen LogP contribution in [0.1, 0.15) is 5.56 Å². The topological polar surface area (TPSA) is 117 Å². The summed E-state index contributed by atoms with van der Waals surface area (Å²) in [5, 5.41) is 7.20. The Bertz CT molecular complexity index is 1010. The van der Waals surface area contributed by atoms with Crippen LogP contribution in [-0.4, -0.2) is 34.5 Å². The SMILES string of the molecule is Cc1cc2ncnn2cc1Nc1ncc2[nH]c(=O)[nH]c2n1. The number of anilines is 2. The number of imidazole rings is 1. The van der Waals surface area contributed by atoms with Crippen LogP contribution in [-0.2, 0) is 0 Å². The summed E-state index contributed by atoms with van der Waals surface area (Å²) in [6.45, 7) is 1.95. The van der Waals surface area contributed by atoms with Gasteiger partial charge in [-0.25, -0.2) is 19.3 Å². The number of hydrogen-bond donors (Lipinski definition) is 3. The molecule has 0 amide bonds. The van der Waals surface area contributed by atoms with Gasteiger partial charge in [-0.2, -0.15) is 10.1 Å². The third kappa shape index (κ3) is 1.91. The first-order valence-electron chi connectivity index (χ1n) is 6.21. The Balaban J connectivity index is 1.77. The van der Waals surface area contributed by atoms with Crippen molar-refractivity contribution in [1.29, 1.82) is 0 Å². The summed E-state index contributed by atoms with van der Waals surface area (Å²) in [5.41, 5.74) is 3.28. The van der Waals surface area contributed by atoms with E-state index in [0.29, 0.717) is 17.1 Å². The molecule has 104 valence electrons. The second kappa shape index (κ2) is 4.13. The lowest BCUT2D eigenvalue weighted by Gasteiger charge is -2.08. The summed E-state index contributed by atoms with van der Waals surface area (Å²) in [4.78, 5) is 28.9. The third-order valence-electron chi connectivity index (χ3n) is 3.14. The van der Waals surface area contributed by atoms with E-state index in [1.807, 2.05) is 19.2 Å². The average molecular weight is 282 g/mol. The van der Waals surface area contributed by atoms with Crippen molar-refractivity contribution in [3.05, 3.63) is 40.8 Å². The molecule has 0 saturated heterocycles. The van der Waals surface area contributed by atoms with Crippen molar-refractivity contribution >= 4 is 28.4 Å². The van der Waals surface area contributed by atoms with Crippen LogP contribution in [0.5, 0.6) is 0 Å². The van der Waals surface area contributed by atoms with Crippen LogP contribution in [0, 0.1) is 6.92 Å². The summed E-state index contributed by atoms with van der Waals surface area (Å²) in [6, 6.07) is 1.91. The summed E-state index contributed by atoms with van der Waals surface area (Å²) in [5.74, 6) is 0.389. The number of fused-ring (bicyclic) bond motifs is 2. The molecule has 9 heteroatoms. The van der Waals surface area contributed by atoms with E-state index >= 15 is 0 Å². The molecule has 4 aromatic heterocycles. The van der Waals surface area contributed by atoms with Crippen LogP contribution in [0.2, 0.25) is 0 Å². The van der Waals surface area contributed by atoms with Gasteiger partial charge in [-0.3, -0.25) is 4.98 Å². The Morgan fingerprint density at radius 3 is 3.10 bits per heavy atom.